The van der Waals surface area contributed by atoms with Crippen molar-refractivity contribution in [2.45, 2.75) is 35.8 Å². The smallest absolute Gasteiger partial charge is 0.348 e. The topological polar surface area (TPSA) is 79.4 Å². The van der Waals surface area contributed by atoms with Crippen LogP contribution in [0.5, 0.6) is 0 Å². The third kappa shape index (κ3) is 5.32. The van der Waals surface area contributed by atoms with E-state index in [1.807, 2.05) is 0 Å². The van der Waals surface area contributed by atoms with Crippen molar-refractivity contribution in [3.8, 4) is 11.3 Å². The Morgan fingerprint density at radius 2 is 1.94 bits per heavy atom. The van der Waals surface area contributed by atoms with Crippen LogP contribution in [0.3, 0.4) is 0 Å². The molecule has 3 aromatic rings. The van der Waals surface area contributed by atoms with Crippen molar-refractivity contribution in [2.24, 2.45) is 0 Å². The first-order valence-electron chi connectivity index (χ1n) is 9.72. The molecule has 13 heteroatoms. The highest BCUT2D eigenvalue weighted by molar-refractivity contribution is 9.11. The summed E-state index contributed by atoms with van der Waals surface area (Å²) < 4.78 is 66.2. The minimum atomic E-state index is -4.41. The monoisotopic (exact) mass is 579 g/mol. The van der Waals surface area contributed by atoms with Crippen molar-refractivity contribution < 1.29 is 26.4 Å². The van der Waals surface area contributed by atoms with Gasteiger partial charge in [-0.3, -0.25) is 4.79 Å². The average molecular weight is 580 g/mol. The van der Waals surface area contributed by atoms with Gasteiger partial charge in [0.1, 0.15) is 15.3 Å². The van der Waals surface area contributed by atoms with Crippen LogP contribution < -0.4 is 5.32 Å². The van der Waals surface area contributed by atoms with Gasteiger partial charge in [0, 0.05) is 17.5 Å². The number of amides is 1. The molecule has 0 radical (unpaired) electrons. The molecule has 0 aliphatic carbocycles. The first-order valence-corrected chi connectivity index (χ1v) is 13.7. The number of rotatable bonds is 6. The second-order valence-corrected chi connectivity index (χ2v) is 12.8. The second-order valence-electron chi connectivity index (χ2n) is 7.25. The average Bonchev–Trinajstić information content (AvgIpc) is 3.52. The summed E-state index contributed by atoms with van der Waals surface area (Å²) in [5, 5.41) is 5.00. The first kappa shape index (κ1) is 24.3. The van der Waals surface area contributed by atoms with E-state index < -0.39 is 33.7 Å². The SMILES string of the molecule is O=C(NCc1nc(-c2ccc(C(F)(F)F)cc2)cs1)[C@@H]1CCCN1S(=O)(=O)c1ccc(Br)s1. The molecule has 1 fully saturated rings. The highest BCUT2D eigenvalue weighted by atomic mass is 79.9. The predicted molar refractivity (Wildman–Crippen MR) is 123 cm³/mol. The number of benzene rings is 1. The van der Waals surface area contributed by atoms with Crippen LogP contribution in [-0.4, -0.2) is 36.2 Å². The normalized spacial score (nSPS) is 17.4. The molecular weight excluding hydrogens is 563 g/mol. The molecule has 1 amide bonds. The molecular formula is C20H17BrF3N3O3S3. The standard InChI is InChI=1S/C20H17BrF3N3O3S3/c21-16-7-8-18(32-16)33(29,30)27-9-1-2-15(27)19(28)25-10-17-26-14(11-31-17)12-3-5-13(6-4-12)20(22,23)24/h3-8,11,15H,1-2,9-10H2,(H,25,28)/t15-/m0/s1. The molecule has 0 saturated carbocycles. The van der Waals surface area contributed by atoms with Gasteiger partial charge in [0.2, 0.25) is 5.91 Å². The Labute approximate surface area is 204 Å². The fourth-order valence-electron chi connectivity index (χ4n) is 3.48. The van der Waals surface area contributed by atoms with Crippen LogP contribution in [0.1, 0.15) is 23.4 Å². The third-order valence-electron chi connectivity index (χ3n) is 5.09. The molecule has 1 aliphatic rings. The number of carbonyl (C=O) groups excluding carboxylic acids is 1. The van der Waals surface area contributed by atoms with Gasteiger partial charge in [0.05, 0.1) is 21.6 Å². The van der Waals surface area contributed by atoms with Crippen LogP contribution in [0.25, 0.3) is 11.3 Å². The van der Waals surface area contributed by atoms with E-state index in [2.05, 4.69) is 26.2 Å². The van der Waals surface area contributed by atoms with Gasteiger partial charge in [-0.15, -0.1) is 22.7 Å². The van der Waals surface area contributed by atoms with Crippen LogP contribution in [0.4, 0.5) is 13.2 Å². The zero-order valence-electron chi connectivity index (χ0n) is 16.8. The van der Waals surface area contributed by atoms with Crippen molar-refractivity contribution >= 4 is 54.5 Å². The maximum absolute atomic E-state index is 12.9. The van der Waals surface area contributed by atoms with Gasteiger partial charge in [0.15, 0.2) is 0 Å². The minimum absolute atomic E-state index is 0.0963. The lowest BCUT2D eigenvalue weighted by atomic mass is 10.1. The number of nitrogens with one attached hydrogen (secondary N) is 1. The summed E-state index contributed by atoms with van der Waals surface area (Å²) in [6, 6.07) is 7.06. The largest absolute Gasteiger partial charge is 0.416 e. The first-order chi connectivity index (χ1) is 15.6. The Morgan fingerprint density at radius 3 is 2.58 bits per heavy atom. The highest BCUT2D eigenvalue weighted by Gasteiger charge is 2.40. The number of hydrogen-bond acceptors (Lipinski definition) is 6. The number of aromatic nitrogens is 1. The van der Waals surface area contributed by atoms with Crippen molar-refractivity contribution in [3.63, 3.8) is 0 Å². The number of alkyl halides is 3. The van der Waals surface area contributed by atoms with E-state index in [1.54, 1.807) is 11.4 Å². The van der Waals surface area contributed by atoms with Crippen molar-refractivity contribution in [1.29, 1.82) is 0 Å². The quantitative estimate of drug-likeness (QED) is 0.439. The van der Waals surface area contributed by atoms with E-state index in [0.717, 1.165) is 23.5 Å². The van der Waals surface area contributed by atoms with Crippen molar-refractivity contribution in [1.82, 2.24) is 14.6 Å². The molecule has 1 saturated heterocycles. The fourth-order valence-corrected chi connectivity index (χ4v) is 8.02. The number of carbonyl (C=O) groups is 1. The zero-order valence-corrected chi connectivity index (χ0v) is 20.8. The molecule has 1 aromatic carbocycles. The second kappa shape index (κ2) is 9.45. The predicted octanol–water partition coefficient (Wildman–Crippen LogP) is 5.12. The van der Waals surface area contributed by atoms with Gasteiger partial charge >= 0.3 is 6.18 Å². The van der Waals surface area contributed by atoms with Crippen molar-refractivity contribution in [2.75, 3.05) is 6.54 Å². The molecule has 0 spiro atoms. The Hall–Kier alpha value is -1.80. The molecule has 1 aliphatic heterocycles. The van der Waals surface area contributed by atoms with E-state index in [1.165, 1.54) is 33.8 Å². The molecule has 0 bridgehead atoms. The highest BCUT2D eigenvalue weighted by Crippen LogP contribution is 2.33. The summed E-state index contributed by atoms with van der Waals surface area (Å²) in [7, 11) is -3.77. The van der Waals surface area contributed by atoms with Crippen LogP contribution in [0.2, 0.25) is 0 Å². The number of nitrogens with zero attached hydrogens (tertiary/aromatic N) is 2. The number of halogens is 4. The number of hydrogen-bond donors (Lipinski definition) is 1. The van der Waals surface area contributed by atoms with E-state index in [-0.39, 0.29) is 17.3 Å². The van der Waals surface area contributed by atoms with Gasteiger partial charge in [-0.1, -0.05) is 12.1 Å². The number of sulfonamides is 1. The van der Waals surface area contributed by atoms with Gasteiger partial charge in [-0.2, -0.15) is 17.5 Å². The summed E-state index contributed by atoms with van der Waals surface area (Å²) in [5.74, 6) is -0.405. The summed E-state index contributed by atoms with van der Waals surface area (Å²) in [6.45, 7) is 0.365. The molecule has 0 unspecified atom stereocenters. The molecule has 176 valence electrons. The van der Waals surface area contributed by atoms with Crippen LogP contribution in [-0.2, 0) is 27.5 Å². The van der Waals surface area contributed by atoms with Crippen molar-refractivity contribution in [3.05, 3.63) is 56.1 Å². The summed E-state index contributed by atoms with van der Waals surface area (Å²) >= 11 is 5.61. The molecule has 2 aromatic heterocycles. The van der Waals surface area contributed by atoms with E-state index >= 15 is 0 Å². The Balaban J connectivity index is 1.40. The van der Waals surface area contributed by atoms with E-state index in [9.17, 15) is 26.4 Å². The fraction of sp³-hybridized carbons (Fsp3) is 0.300. The van der Waals surface area contributed by atoms with E-state index in [4.69, 9.17) is 0 Å². The summed E-state index contributed by atoms with van der Waals surface area (Å²) in [6.07, 6.45) is -3.40. The van der Waals surface area contributed by atoms with E-state index in [0.29, 0.717) is 32.9 Å². The molecule has 3 heterocycles. The van der Waals surface area contributed by atoms with Gasteiger partial charge in [-0.25, -0.2) is 13.4 Å². The van der Waals surface area contributed by atoms with Gasteiger partial charge in [0.25, 0.3) is 10.0 Å². The Bertz CT molecular complexity index is 1260. The van der Waals surface area contributed by atoms with Gasteiger partial charge < -0.3 is 5.32 Å². The Morgan fingerprint density at radius 1 is 1.21 bits per heavy atom. The molecule has 4 rings (SSSR count). The van der Waals surface area contributed by atoms with Crippen LogP contribution in [0.15, 0.2) is 49.8 Å². The molecule has 1 N–H and O–H groups in total. The number of thiophene rings is 1. The number of thiazole rings is 1. The Kier molecular flexibility index (Phi) is 6.97. The molecule has 1 atom stereocenters. The van der Waals surface area contributed by atoms with Gasteiger partial charge in [-0.05, 0) is 53.0 Å². The van der Waals surface area contributed by atoms with Crippen LogP contribution >= 0.6 is 38.6 Å². The molecule has 6 nitrogen and oxygen atoms in total. The van der Waals surface area contributed by atoms with Crippen LogP contribution in [0, 0.1) is 0 Å². The lowest BCUT2D eigenvalue weighted by molar-refractivity contribution is -0.137. The third-order valence-corrected chi connectivity index (χ3v) is 9.94. The maximum Gasteiger partial charge on any atom is 0.416 e. The summed E-state index contributed by atoms with van der Waals surface area (Å²) in [4.78, 5) is 17.1. The maximum atomic E-state index is 12.9. The lowest BCUT2D eigenvalue weighted by Crippen LogP contribution is -2.45. The minimum Gasteiger partial charge on any atom is -0.348 e. The summed E-state index contributed by atoms with van der Waals surface area (Å²) in [5.41, 5.74) is 0.304. The lowest BCUT2D eigenvalue weighted by Gasteiger charge is -2.22. The molecule has 33 heavy (non-hydrogen) atoms. The zero-order chi connectivity index (χ0) is 23.8.